The van der Waals surface area contributed by atoms with Crippen molar-refractivity contribution in [3.8, 4) is 23.1 Å². The number of hydrogen-bond donors (Lipinski definition) is 3. The van der Waals surface area contributed by atoms with Gasteiger partial charge in [-0.2, -0.15) is 22.8 Å². The van der Waals surface area contributed by atoms with Gasteiger partial charge in [-0.1, -0.05) is 11.6 Å². The molecular weight excluding hydrogens is 709 g/mol. The van der Waals surface area contributed by atoms with E-state index in [1.807, 2.05) is 4.90 Å². The van der Waals surface area contributed by atoms with Gasteiger partial charge in [0.2, 0.25) is 11.7 Å². The lowest BCUT2D eigenvalue weighted by molar-refractivity contribution is -0.192. The number of carbonyl (C=O) groups excluding carboxylic acids is 3. The summed E-state index contributed by atoms with van der Waals surface area (Å²) < 4.78 is 67.2. The molecule has 2 fully saturated rings. The van der Waals surface area contributed by atoms with Crippen LogP contribution >= 0.6 is 11.6 Å². The summed E-state index contributed by atoms with van der Waals surface area (Å²) in [4.78, 5) is 55.5. The molecule has 2 aliphatic heterocycles. The molecule has 3 N–H and O–H groups in total. The van der Waals surface area contributed by atoms with Crippen LogP contribution in [0.1, 0.15) is 33.8 Å². The topological polar surface area (TPSA) is 170 Å². The van der Waals surface area contributed by atoms with E-state index in [9.17, 15) is 36.3 Å². The number of benzene rings is 2. The van der Waals surface area contributed by atoms with E-state index >= 15 is 0 Å². The van der Waals surface area contributed by atoms with Crippen LogP contribution in [0.3, 0.4) is 0 Å². The number of carboxylic acid groups (broad SMARTS) is 1. The number of ether oxygens (including phenoxy) is 1. The molecule has 3 aromatic rings. The summed E-state index contributed by atoms with van der Waals surface area (Å²) in [6.45, 7) is 2.86. The minimum atomic E-state index is -5.08. The number of aliphatic carboxylic acids is 1. The quantitative estimate of drug-likeness (QED) is 0.302. The molecule has 19 heteroatoms. The molecule has 2 aromatic carbocycles. The Hall–Kier alpha value is -5.28. The fourth-order valence-electron chi connectivity index (χ4n) is 5.40. The van der Waals surface area contributed by atoms with Crippen molar-refractivity contribution in [1.82, 2.24) is 24.7 Å². The lowest BCUT2D eigenvalue weighted by atomic mass is 9.98. The fraction of sp³-hybridized carbons (Fsp3) is 0.375. The Balaban J connectivity index is 0.000000755. The van der Waals surface area contributed by atoms with Crippen molar-refractivity contribution in [1.29, 1.82) is 5.26 Å². The van der Waals surface area contributed by atoms with Crippen molar-refractivity contribution in [2.75, 3.05) is 51.2 Å². The predicted molar refractivity (Wildman–Crippen MR) is 171 cm³/mol. The van der Waals surface area contributed by atoms with Crippen molar-refractivity contribution in [3.05, 3.63) is 64.6 Å². The normalized spacial score (nSPS) is 16.0. The molecule has 1 atom stereocenters. The molecule has 272 valence electrons. The Labute approximate surface area is 292 Å². The zero-order valence-electron chi connectivity index (χ0n) is 26.9. The average molecular weight is 740 g/mol. The molecule has 51 heavy (non-hydrogen) atoms. The Bertz CT molecular complexity index is 1830. The van der Waals surface area contributed by atoms with Crippen LogP contribution in [-0.4, -0.2) is 100 Å². The van der Waals surface area contributed by atoms with Gasteiger partial charge in [0.05, 0.1) is 28.4 Å². The van der Waals surface area contributed by atoms with Gasteiger partial charge in [0, 0.05) is 51.0 Å². The Morgan fingerprint density at radius 2 is 1.76 bits per heavy atom. The highest BCUT2D eigenvalue weighted by molar-refractivity contribution is 6.34. The Kier molecular flexibility index (Phi) is 12.6. The van der Waals surface area contributed by atoms with Crippen molar-refractivity contribution in [2.24, 2.45) is 13.0 Å². The number of nitriles is 1. The number of piperazine rings is 1. The monoisotopic (exact) mass is 739 g/mol. The van der Waals surface area contributed by atoms with E-state index in [-0.39, 0.29) is 45.4 Å². The highest BCUT2D eigenvalue weighted by Crippen LogP contribution is 2.31. The van der Waals surface area contributed by atoms with Gasteiger partial charge >= 0.3 is 12.1 Å². The number of anilines is 1. The number of nitrogens with zero attached hydrogens (tertiary/aromatic N) is 5. The largest absolute Gasteiger partial charge is 0.490 e. The van der Waals surface area contributed by atoms with Gasteiger partial charge in [0.1, 0.15) is 6.07 Å². The molecule has 0 aliphatic carbocycles. The summed E-state index contributed by atoms with van der Waals surface area (Å²) in [6.07, 6.45) is -2.00. The third-order valence-electron chi connectivity index (χ3n) is 8.03. The molecule has 2 aliphatic rings. The van der Waals surface area contributed by atoms with E-state index in [1.54, 1.807) is 11.0 Å². The zero-order valence-corrected chi connectivity index (χ0v) is 27.7. The highest BCUT2D eigenvalue weighted by Gasteiger charge is 2.38. The highest BCUT2D eigenvalue weighted by atomic mass is 35.5. The first kappa shape index (κ1) is 38.5. The van der Waals surface area contributed by atoms with Crippen LogP contribution in [0.25, 0.3) is 11.3 Å². The van der Waals surface area contributed by atoms with E-state index in [0.29, 0.717) is 38.4 Å². The fourth-order valence-corrected chi connectivity index (χ4v) is 5.66. The van der Waals surface area contributed by atoms with Gasteiger partial charge in [-0.05, 0) is 49.7 Å². The standard InChI is InChI=1S/C30H30ClF2N7O4.C2HF3O2/c1-38-23(21-6-7-24(44-14-8-34)26(33)25(21)32)17-36-27(38)28(41)37-19-4-5-20(22(31)15-19)30(43)40-12-10-39(11-13-40)29(42)18-3-2-9-35-16-18;3-2(4,5)1(6)7/h4-7,15,17-18,35H,2-3,9-14,16H2,1H3,(H,37,41);(H,6,7)/t18-;/m0./s1. The molecule has 0 radical (unpaired) electrons. The number of carboxylic acids is 1. The average Bonchev–Trinajstić information content (AvgIpc) is 3.49. The number of carbonyl (C=O) groups is 4. The SMILES string of the molecule is Cn1c(-c2ccc(OCC#N)c(F)c2F)cnc1C(=O)Nc1ccc(C(=O)N2CCN(C(=O)[C@H]3CCCNC3)CC2)c(Cl)c1.O=C(O)C(F)(F)F. The Morgan fingerprint density at radius 1 is 1.10 bits per heavy atom. The maximum Gasteiger partial charge on any atom is 0.490 e. The predicted octanol–water partition coefficient (Wildman–Crippen LogP) is 4.09. The summed E-state index contributed by atoms with van der Waals surface area (Å²) in [6, 6.07) is 8.64. The first-order chi connectivity index (χ1) is 24.1. The van der Waals surface area contributed by atoms with E-state index in [1.165, 1.54) is 48.1 Å². The third-order valence-corrected chi connectivity index (χ3v) is 8.34. The van der Waals surface area contributed by atoms with E-state index < -0.39 is 42.0 Å². The number of halogens is 6. The van der Waals surface area contributed by atoms with E-state index in [4.69, 9.17) is 31.5 Å². The maximum atomic E-state index is 14.8. The molecule has 13 nitrogen and oxygen atoms in total. The number of amides is 3. The van der Waals surface area contributed by atoms with Gasteiger partial charge in [-0.3, -0.25) is 14.4 Å². The first-order valence-corrected chi connectivity index (χ1v) is 15.7. The Morgan fingerprint density at radius 3 is 2.35 bits per heavy atom. The number of aromatic nitrogens is 2. The number of imidazole rings is 1. The van der Waals surface area contributed by atoms with Crippen molar-refractivity contribution < 1.29 is 51.0 Å². The number of rotatable bonds is 7. The number of alkyl halides is 3. The molecule has 0 bridgehead atoms. The smallest absolute Gasteiger partial charge is 0.476 e. The van der Waals surface area contributed by atoms with Crippen molar-refractivity contribution >= 4 is 41.0 Å². The second-order valence-corrected chi connectivity index (χ2v) is 11.7. The molecule has 2 saturated heterocycles. The van der Waals surface area contributed by atoms with Crippen LogP contribution in [0, 0.1) is 28.9 Å². The summed E-state index contributed by atoms with van der Waals surface area (Å²) in [7, 11) is 1.47. The van der Waals surface area contributed by atoms with Crippen LogP contribution in [-0.2, 0) is 16.6 Å². The van der Waals surface area contributed by atoms with E-state index in [2.05, 4.69) is 15.6 Å². The zero-order chi connectivity index (χ0) is 37.5. The third kappa shape index (κ3) is 9.29. The minimum Gasteiger partial charge on any atom is -0.476 e. The van der Waals surface area contributed by atoms with Gasteiger partial charge in [-0.25, -0.2) is 14.2 Å². The van der Waals surface area contributed by atoms with Crippen LogP contribution in [0.2, 0.25) is 5.02 Å². The van der Waals surface area contributed by atoms with Crippen LogP contribution in [0.5, 0.6) is 5.75 Å². The van der Waals surface area contributed by atoms with Gasteiger partial charge in [0.15, 0.2) is 24.0 Å². The molecular formula is C32H31ClF5N7O6. The van der Waals surface area contributed by atoms with Crippen molar-refractivity contribution in [3.63, 3.8) is 0 Å². The van der Waals surface area contributed by atoms with Crippen molar-refractivity contribution in [2.45, 2.75) is 19.0 Å². The summed E-state index contributed by atoms with van der Waals surface area (Å²) in [5.41, 5.74) is 0.547. The number of hydrogen-bond acceptors (Lipinski definition) is 8. The summed E-state index contributed by atoms with van der Waals surface area (Å²) >= 11 is 6.45. The maximum absolute atomic E-state index is 14.8. The molecule has 3 amide bonds. The molecule has 1 aromatic heterocycles. The molecule has 0 unspecified atom stereocenters. The lowest BCUT2D eigenvalue weighted by Gasteiger charge is -2.37. The summed E-state index contributed by atoms with van der Waals surface area (Å²) in [5.74, 6) is -6.53. The molecule has 0 saturated carbocycles. The number of piperidine rings is 1. The first-order valence-electron chi connectivity index (χ1n) is 15.3. The van der Waals surface area contributed by atoms with Gasteiger partial charge in [-0.15, -0.1) is 0 Å². The van der Waals surface area contributed by atoms with E-state index in [0.717, 1.165) is 19.4 Å². The van der Waals surface area contributed by atoms with Crippen LogP contribution in [0.15, 0.2) is 36.5 Å². The molecule has 3 heterocycles. The minimum absolute atomic E-state index is 0.0212. The molecule has 5 rings (SSSR count). The lowest BCUT2D eigenvalue weighted by Crippen LogP contribution is -2.53. The van der Waals surface area contributed by atoms with Crippen LogP contribution in [0.4, 0.5) is 27.6 Å². The number of nitrogens with one attached hydrogen (secondary N) is 2. The summed E-state index contributed by atoms with van der Waals surface area (Å²) in [5, 5.41) is 21.8. The molecule has 0 spiro atoms. The van der Waals surface area contributed by atoms with Crippen LogP contribution < -0.4 is 15.4 Å². The second-order valence-electron chi connectivity index (χ2n) is 11.3. The van der Waals surface area contributed by atoms with Gasteiger partial charge < -0.3 is 34.8 Å². The van der Waals surface area contributed by atoms with Gasteiger partial charge in [0.25, 0.3) is 11.8 Å². The second kappa shape index (κ2) is 16.6.